The monoisotopic (exact) mass is 270 g/mol. The fraction of sp³-hybridized carbons (Fsp3) is 0.438. The van der Waals surface area contributed by atoms with E-state index < -0.39 is 11.7 Å². The molecule has 2 aliphatic rings. The standard InChI is InChI=1S/C16H18N2O2/c1-16(2)15(19)12(8-20-16)14-11-6-4-3-5-10(11)13-7-17-9-18(13)14/h3-7,9,12,14-15,19H,8H2,1-2H3/t12?,14-,15?/m1/s1. The van der Waals surface area contributed by atoms with Crippen molar-refractivity contribution < 1.29 is 9.84 Å². The lowest BCUT2D eigenvalue weighted by atomic mass is 9.85. The van der Waals surface area contributed by atoms with Crippen molar-refractivity contribution in [2.75, 3.05) is 6.61 Å². The summed E-state index contributed by atoms with van der Waals surface area (Å²) >= 11 is 0. The van der Waals surface area contributed by atoms with Crippen LogP contribution in [0.1, 0.15) is 25.5 Å². The van der Waals surface area contributed by atoms with Crippen LogP contribution in [0.15, 0.2) is 36.8 Å². The number of benzene rings is 1. The molecule has 1 saturated heterocycles. The molecule has 4 heteroatoms. The predicted molar refractivity (Wildman–Crippen MR) is 75.3 cm³/mol. The van der Waals surface area contributed by atoms with Gasteiger partial charge < -0.3 is 14.4 Å². The molecule has 3 atom stereocenters. The summed E-state index contributed by atoms with van der Waals surface area (Å²) in [6.45, 7) is 4.48. The van der Waals surface area contributed by atoms with Gasteiger partial charge in [-0.3, -0.25) is 0 Å². The molecule has 0 radical (unpaired) electrons. The van der Waals surface area contributed by atoms with Crippen LogP contribution >= 0.6 is 0 Å². The minimum atomic E-state index is -0.483. The third kappa shape index (κ3) is 1.46. The summed E-state index contributed by atoms with van der Waals surface area (Å²) < 4.78 is 7.97. The van der Waals surface area contributed by atoms with Gasteiger partial charge in [0.25, 0.3) is 0 Å². The summed E-state index contributed by atoms with van der Waals surface area (Å²) in [5.41, 5.74) is 3.12. The van der Waals surface area contributed by atoms with Gasteiger partial charge in [-0.05, 0) is 19.4 Å². The number of fused-ring (bicyclic) bond motifs is 3. The SMILES string of the molecule is CC1(C)OCC([C@H]2c3ccccc3-c3cncn32)C1O. The zero-order valence-electron chi connectivity index (χ0n) is 11.7. The minimum Gasteiger partial charge on any atom is -0.390 e. The molecule has 0 spiro atoms. The molecule has 4 rings (SSSR count). The third-order valence-electron chi connectivity index (χ3n) is 4.69. The van der Waals surface area contributed by atoms with Crippen LogP contribution in [-0.2, 0) is 4.74 Å². The minimum absolute atomic E-state index is 0.0570. The van der Waals surface area contributed by atoms with Crippen molar-refractivity contribution in [3.8, 4) is 11.3 Å². The van der Waals surface area contributed by atoms with E-state index in [1.165, 1.54) is 11.1 Å². The van der Waals surface area contributed by atoms with E-state index in [9.17, 15) is 5.11 Å². The first kappa shape index (κ1) is 12.1. The van der Waals surface area contributed by atoms with Crippen molar-refractivity contribution in [3.63, 3.8) is 0 Å². The number of rotatable bonds is 1. The number of imidazole rings is 1. The molecule has 1 aromatic heterocycles. The van der Waals surface area contributed by atoms with E-state index in [4.69, 9.17) is 4.74 Å². The molecular weight excluding hydrogens is 252 g/mol. The van der Waals surface area contributed by atoms with Gasteiger partial charge in [-0.25, -0.2) is 4.98 Å². The molecular formula is C16H18N2O2. The summed E-state index contributed by atoms with van der Waals surface area (Å²) in [5, 5.41) is 10.6. The van der Waals surface area contributed by atoms with Crippen molar-refractivity contribution in [2.45, 2.75) is 31.6 Å². The highest BCUT2D eigenvalue weighted by Gasteiger charge is 2.48. The fourth-order valence-electron chi connectivity index (χ4n) is 3.58. The van der Waals surface area contributed by atoms with Crippen LogP contribution in [0.25, 0.3) is 11.3 Å². The van der Waals surface area contributed by atoms with Gasteiger partial charge in [0, 0.05) is 11.5 Å². The van der Waals surface area contributed by atoms with Gasteiger partial charge in [-0.1, -0.05) is 24.3 Å². The van der Waals surface area contributed by atoms with Crippen molar-refractivity contribution in [2.24, 2.45) is 5.92 Å². The third-order valence-corrected chi connectivity index (χ3v) is 4.69. The number of aliphatic hydroxyl groups is 1. The highest BCUT2D eigenvalue weighted by Crippen LogP contribution is 2.47. The molecule has 3 heterocycles. The van der Waals surface area contributed by atoms with Gasteiger partial charge in [0.1, 0.15) is 0 Å². The summed E-state index contributed by atoms with van der Waals surface area (Å²) in [6, 6.07) is 8.48. The average Bonchev–Trinajstić information content (AvgIpc) is 3.07. The Morgan fingerprint density at radius 3 is 2.90 bits per heavy atom. The number of ether oxygens (including phenoxy) is 1. The summed E-state index contributed by atoms with van der Waals surface area (Å²) in [5.74, 6) is 0.0570. The van der Waals surface area contributed by atoms with Crippen LogP contribution in [0, 0.1) is 5.92 Å². The molecule has 0 amide bonds. The molecule has 2 aliphatic heterocycles. The van der Waals surface area contributed by atoms with Crippen molar-refractivity contribution >= 4 is 0 Å². The second-order valence-electron chi connectivity index (χ2n) is 6.24. The van der Waals surface area contributed by atoms with E-state index in [2.05, 4.69) is 27.8 Å². The first-order valence-electron chi connectivity index (χ1n) is 7.03. The fourth-order valence-corrected chi connectivity index (χ4v) is 3.58. The molecule has 4 nitrogen and oxygen atoms in total. The van der Waals surface area contributed by atoms with Crippen LogP contribution < -0.4 is 0 Å². The summed E-state index contributed by atoms with van der Waals surface area (Å²) in [7, 11) is 0. The van der Waals surface area contributed by atoms with Crippen LogP contribution in [0.3, 0.4) is 0 Å². The van der Waals surface area contributed by atoms with E-state index in [0.717, 1.165) is 5.69 Å². The number of aromatic nitrogens is 2. The number of hydrogen-bond donors (Lipinski definition) is 1. The van der Waals surface area contributed by atoms with E-state index >= 15 is 0 Å². The summed E-state index contributed by atoms with van der Waals surface area (Å²) in [4.78, 5) is 4.27. The highest BCUT2D eigenvalue weighted by atomic mass is 16.5. The Balaban J connectivity index is 1.84. The van der Waals surface area contributed by atoms with Gasteiger partial charge in [-0.2, -0.15) is 0 Å². The molecule has 20 heavy (non-hydrogen) atoms. The Kier molecular flexibility index (Phi) is 2.38. The molecule has 1 aromatic carbocycles. The Morgan fingerprint density at radius 2 is 2.15 bits per heavy atom. The maximum atomic E-state index is 10.6. The van der Waals surface area contributed by atoms with Gasteiger partial charge in [0.2, 0.25) is 0 Å². The van der Waals surface area contributed by atoms with E-state index in [-0.39, 0.29) is 12.0 Å². The molecule has 2 unspecified atom stereocenters. The van der Waals surface area contributed by atoms with Crippen molar-refractivity contribution in [1.29, 1.82) is 0 Å². The van der Waals surface area contributed by atoms with E-state index in [1.54, 1.807) is 0 Å². The van der Waals surface area contributed by atoms with E-state index in [1.807, 2.05) is 32.4 Å². The lowest BCUT2D eigenvalue weighted by Gasteiger charge is -2.28. The lowest BCUT2D eigenvalue weighted by Crippen LogP contribution is -2.38. The predicted octanol–water partition coefficient (Wildman–Crippen LogP) is 2.24. The molecule has 0 saturated carbocycles. The molecule has 1 N–H and O–H groups in total. The summed E-state index contributed by atoms with van der Waals surface area (Å²) in [6.07, 6.45) is 3.28. The van der Waals surface area contributed by atoms with Crippen LogP contribution in [0.4, 0.5) is 0 Å². The normalized spacial score (nSPS) is 30.2. The number of hydrogen-bond acceptors (Lipinski definition) is 3. The van der Waals surface area contributed by atoms with Gasteiger partial charge in [0.05, 0.1) is 42.6 Å². The largest absolute Gasteiger partial charge is 0.390 e. The van der Waals surface area contributed by atoms with Gasteiger partial charge in [-0.15, -0.1) is 0 Å². The molecule has 1 fully saturated rings. The van der Waals surface area contributed by atoms with Crippen molar-refractivity contribution in [1.82, 2.24) is 9.55 Å². The van der Waals surface area contributed by atoms with Crippen LogP contribution in [-0.4, -0.2) is 33.0 Å². The Hall–Kier alpha value is -1.65. The first-order chi connectivity index (χ1) is 9.59. The maximum absolute atomic E-state index is 10.6. The Bertz CT molecular complexity index is 662. The highest BCUT2D eigenvalue weighted by molar-refractivity contribution is 5.69. The van der Waals surface area contributed by atoms with Gasteiger partial charge in [0.15, 0.2) is 0 Å². The number of nitrogens with zero attached hydrogens (tertiary/aromatic N) is 2. The quantitative estimate of drug-likeness (QED) is 0.864. The zero-order chi connectivity index (χ0) is 13.9. The maximum Gasteiger partial charge on any atom is 0.0956 e. The van der Waals surface area contributed by atoms with Crippen LogP contribution in [0.5, 0.6) is 0 Å². The molecule has 0 bridgehead atoms. The van der Waals surface area contributed by atoms with E-state index in [0.29, 0.717) is 6.61 Å². The molecule has 2 aromatic rings. The lowest BCUT2D eigenvalue weighted by molar-refractivity contribution is -0.0321. The van der Waals surface area contributed by atoms with Gasteiger partial charge >= 0.3 is 0 Å². The van der Waals surface area contributed by atoms with Crippen LogP contribution in [0.2, 0.25) is 0 Å². The smallest absolute Gasteiger partial charge is 0.0956 e. The Morgan fingerprint density at radius 1 is 1.35 bits per heavy atom. The second-order valence-corrected chi connectivity index (χ2v) is 6.24. The second kappa shape index (κ2) is 3.93. The average molecular weight is 270 g/mol. The zero-order valence-corrected chi connectivity index (χ0v) is 11.7. The molecule has 0 aliphatic carbocycles. The Labute approximate surface area is 118 Å². The van der Waals surface area contributed by atoms with Crippen molar-refractivity contribution in [3.05, 3.63) is 42.4 Å². The number of aliphatic hydroxyl groups excluding tert-OH is 1. The topological polar surface area (TPSA) is 47.3 Å². The molecule has 104 valence electrons. The first-order valence-corrected chi connectivity index (χ1v) is 7.03.